The van der Waals surface area contributed by atoms with Crippen LogP contribution in [0.1, 0.15) is 22.6 Å². The van der Waals surface area contributed by atoms with Crippen molar-refractivity contribution in [3.8, 4) is 11.5 Å². The van der Waals surface area contributed by atoms with Crippen LogP contribution in [-0.4, -0.2) is 40.0 Å². The number of hydrogen-bond acceptors (Lipinski definition) is 6. The fraction of sp³-hybridized carbons (Fsp3) is 0.120. The molecule has 0 unspecified atom stereocenters. The fourth-order valence-electron chi connectivity index (χ4n) is 3.89. The van der Waals surface area contributed by atoms with Crippen molar-refractivity contribution in [1.82, 2.24) is 15.2 Å². The Labute approximate surface area is 194 Å². The van der Waals surface area contributed by atoms with E-state index in [1.807, 2.05) is 54.6 Å². The number of pyridine rings is 1. The van der Waals surface area contributed by atoms with Gasteiger partial charge in [0.25, 0.3) is 11.1 Å². The number of thioether (sulfide) groups is 1. The Hall–Kier alpha value is -3.91. The third-order valence-electron chi connectivity index (χ3n) is 5.43. The highest BCUT2D eigenvalue weighted by Gasteiger charge is 2.36. The molecule has 1 N–H and O–H groups in total. The van der Waals surface area contributed by atoms with E-state index >= 15 is 0 Å². The molecule has 0 bridgehead atoms. The van der Waals surface area contributed by atoms with Crippen molar-refractivity contribution in [2.75, 3.05) is 13.1 Å². The van der Waals surface area contributed by atoms with Crippen LogP contribution < -0.4 is 10.1 Å². The van der Waals surface area contributed by atoms with Gasteiger partial charge >= 0.3 is 0 Å². The van der Waals surface area contributed by atoms with Crippen LogP contribution in [0, 0.1) is 0 Å². The number of carbonyl (C=O) groups is 3. The van der Waals surface area contributed by atoms with Gasteiger partial charge in [0.2, 0.25) is 5.91 Å². The van der Waals surface area contributed by atoms with Gasteiger partial charge in [-0.1, -0.05) is 42.5 Å². The largest absolute Gasteiger partial charge is 0.457 e. The van der Waals surface area contributed by atoms with Crippen LogP contribution in [0.2, 0.25) is 0 Å². The maximum Gasteiger partial charge on any atom is 0.293 e. The number of benzene rings is 2. The molecular weight excluding hydrogens is 438 g/mol. The molecule has 1 saturated heterocycles. The molecule has 2 aliphatic heterocycles. The Morgan fingerprint density at radius 2 is 1.73 bits per heavy atom. The summed E-state index contributed by atoms with van der Waals surface area (Å²) in [5.74, 6) is 0.165. The average molecular weight is 458 g/mol. The van der Waals surface area contributed by atoms with Crippen molar-refractivity contribution >= 4 is 34.9 Å². The molecule has 0 atom stereocenters. The zero-order chi connectivity index (χ0) is 22.8. The number of carbonyl (C=O) groups excluding carboxylic acids is 3. The summed E-state index contributed by atoms with van der Waals surface area (Å²) in [6, 6.07) is 18.4. The van der Waals surface area contributed by atoms with Crippen molar-refractivity contribution in [2.45, 2.75) is 5.92 Å². The molecule has 5 rings (SSSR count). The van der Waals surface area contributed by atoms with Gasteiger partial charge in [0, 0.05) is 36.6 Å². The van der Waals surface area contributed by atoms with E-state index in [-0.39, 0.29) is 30.1 Å². The molecule has 7 nitrogen and oxygen atoms in total. The summed E-state index contributed by atoms with van der Waals surface area (Å²) in [5.41, 5.74) is 2.30. The molecule has 0 aliphatic carbocycles. The van der Waals surface area contributed by atoms with Crippen molar-refractivity contribution in [3.05, 3.63) is 94.7 Å². The zero-order valence-electron chi connectivity index (χ0n) is 17.4. The monoisotopic (exact) mass is 457 g/mol. The second-order valence-corrected chi connectivity index (χ2v) is 8.51. The highest BCUT2D eigenvalue weighted by atomic mass is 32.2. The Morgan fingerprint density at radius 1 is 1.03 bits per heavy atom. The van der Waals surface area contributed by atoms with E-state index in [1.165, 1.54) is 0 Å². The number of nitrogens with zero attached hydrogens (tertiary/aromatic N) is 2. The summed E-state index contributed by atoms with van der Waals surface area (Å²) in [6.07, 6.45) is 4.91. The lowest BCUT2D eigenvalue weighted by Crippen LogP contribution is -2.39. The summed E-state index contributed by atoms with van der Waals surface area (Å²) in [6.45, 7) is 0.242. The summed E-state index contributed by atoms with van der Waals surface area (Å²) >= 11 is 0.886. The molecule has 164 valence electrons. The first-order valence-electron chi connectivity index (χ1n) is 10.4. The molecule has 1 aromatic heterocycles. The first-order valence-corrected chi connectivity index (χ1v) is 11.2. The zero-order valence-corrected chi connectivity index (χ0v) is 18.2. The topological polar surface area (TPSA) is 88.6 Å². The second kappa shape index (κ2) is 8.91. The van der Waals surface area contributed by atoms with Gasteiger partial charge in [-0.3, -0.25) is 24.3 Å². The highest BCUT2D eigenvalue weighted by Crippen LogP contribution is 2.43. The van der Waals surface area contributed by atoms with Crippen LogP contribution in [0.4, 0.5) is 4.79 Å². The number of fused-ring (bicyclic) bond motifs is 2. The lowest BCUT2D eigenvalue weighted by molar-refractivity contribution is -0.124. The molecule has 8 heteroatoms. The van der Waals surface area contributed by atoms with Gasteiger partial charge in [0.1, 0.15) is 11.5 Å². The molecule has 0 saturated carbocycles. The van der Waals surface area contributed by atoms with Crippen LogP contribution in [0.5, 0.6) is 11.5 Å². The molecule has 2 aromatic carbocycles. The number of amides is 3. The number of rotatable bonds is 5. The van der Waals surface area contributed by atoms with Crippen molar-refractivity contribution < 1.29 is 19.1 Å². The number of nitrogens with one attached hydrogen (secondary N) is 1. The molecule has 0 radical (unpaired) electrons. The van der Waals surface area contributed by atoms with Gasteiger partial charge in [-0.25, -0.2) is 0 Å². The van der Waals surface area contributed by atoms with Crippen molar-refractivity contribution in [2.24, 2.45) is 0 Å². The SMILES string of the molecule is O=C(NCCN1C(=O)SC(=Cc2cccnc2)C1=O)C1c2ccccc2Oc2ccccc21. The highest BCUT2D eigenvalue weighted by molar-refractivity contribution is 8.18. The Balaban J connectivity index is 1.28. The van der Waals surface area contributed by atoms with Gasteiger partial charge in [0.15, 0.2) is 0 Å². The van der Waals surface area contributed by atoms with Crippen molar-refractivity contribution in [1.29, 1.82) is 0 Å². The third-order valence-corrected chi connectivity index (χ3v) is 6.34. The first kappa shape index (κ1) is 21.0. The lowest BCUT2D eigenvalue weighted by atomic mass is 9.87. The summed E-state index contributed by atoms with van der Waals surface area (Å²) in [4.78, 5) is 43.8. The minimum atomic E-state index is -0.536. The average Bonchev–Trinajstić information content (AvgIpc) is 3.10. The van der Waals surface area contributed by atoms with Gasteiger partial charge < -0.3 is 10.1 Å². The summed E-state index contributed by atoms with van der Waals surface area (Å²) in [5, 5.41) is 2.53. The fourth-order valence-corrected chi connectivity index (χ4v) is 4.76. The second-order valence-electron chi connectivity index (χ2n) is 7.52. The Kier molecular flexibility index (Phi) is 5.66. The number of aromatic nitrogens is 1. The number of para-hydroxylation sites is 2. The van der Waals surface area contributed by atoms with Crippen LogP contribution in [0.15, 0.2) is 78.0 Å². The Morgan fingerprint density at radius 3 is 2.39 bits per heavy atom. The van der Waals surface area contributed by atoms with Gasteiger partial charge in [-0.05, 0) is 41.6 Å². The van der Waals surface area contributed by atoms with E-state index in [1.54, 1.807) is 24.5 Å². The maximum atomic E-state index is 13.2. The number of imide groups is 1. The van der Waals surface area contributed by atoms with Crippen LogP contribution >= 0.6 is 11.8 Å². The van der Waals surface area contributed by atoms with Gasteiger partial charge in [0.05, 0.1) is 10.8 Å². The van der Waals surface area contributed by atoms with Crippen molar-refractivity contribution in [3.63, 3.8) is 0 Å². The molecule has 3 heterocycles. The molecule has 3 aromatic rings. The number of hydrogen-bond donors (Lipinski definition) is 1. The predicted octanol–water partition coefficient (Wildman–Crippen LogP) is 4.17. The minimum Gasteiger partial charge on any atom is -0.457 e. The Bertz CT molecular complexity index is 1230. The number of ether oxygens (including phenoxy) is 1. The van der Waals surface area contributed by atoms with Crippen LogP contribution in [-0.2, 0) is 9.59 Å². The molecule has 0 spiro atoms. The molecule has 33 heavy (non-hydrogen) atoms. The first-order chi connectivity index (χ1) is 16.1. The smallest absolute Gasteiger partial charge is 0.293 e. The maximum absolute atomic E-state index is 13.2. The predicted molar refractivity (Wildman–Crippen MR) is 125 cm³/mol. The van der Waals surface area contributed by atoms with E-state index in [9.17, 15) is 14.4 Å². The van der Waals surface area contributed by atoms with E-state index < -0.39 is 5.92 Å². The quantitative estimate of drug-likeness (QED) is 0.579. The lowest BCUT2D eigenvalue weighted by Gasteiger charge is -2.27. The summed E-state index contributed by atoms with van der Waals surface area (Å²) < 4.78 is 5.94. The van der Waals surface area contributed by atoms with Gasteiger partial charge in [-0.2, -0.15) is 0 Å². The van der Waals surface area contributed by atoms with E-state index in [2.05, 4.69) is 10.3 Å². The van der Waals surface area contributed by atoms with E-state index in [4.69, 9.17) is 4.74 Å². The third kappa shape index (κ3) is 4.12. The molecule has 3 amide bonds. The molecule has 2 aliphatic rings. The van der Waals surface area contributed by atoms with Crippen LogP contribution in [0.25, 0.3) is 6.08 Å². The minimum absolute atomic E-state index is 0.0906. The standard InChI is InChI=1S/C25H19N3O4S/c29-23(22-17-7-1-3-9-19(17)32-20-10-4-2-8-18(20)22)27-12-13-28-24(30)21(33-25(28)31)14-16-6-5-11-26-15-16/h1-11,14-15,22H,12-13H2,(H,27,29). The molecular formula is C25H19N3O4S. The normalized spacial score (nSPS) is 16.4. The van der Waals surface area contributed by atoms with Gasteiger partial charge in [-0.15, -0.1) is 0 Å². The van der Waals surface area contributed by atoms with E-state index in [0.717, 1.165) is 33.4 Å². The molecule has 1 fully saturated rings. The van der Waals surface area contributed by atoms with Crippen LogP contribution in [0.3, 0.4) is 0 Å². The summed E-state index contributed by atoms with van der Waals surface area (Å²) in [7, 11) is 0. The van der Waals surface area contributed by atoms with E-state index in [0.29, 0.717) is 16.4 Å².